The second kappa shape index (κ2) is 8.25. The van der Waals surface area contributed by atoms with E-state index in [9.17, 15) is 10.1 Å². The van der Waals surface area contributed by atoms with E-state index in [-0.39, 0.29) is 12.5 Å². The third-order valence-corrected chi connectivity index (χ3v) is 5.27. The fourth-order valence-electron chi connectivity index (χ4n) is 3.05. The van der Waals surface area contributed by atoms with Crippen LogP contribution in [0.15, 0.2) is 39.6 Å². The van der Waals surface area contributed by atoms with Gasteiger partial charge in [-0.25, -0.2) is 0 Å². The van der Waals surface area contributed by atoms with Crippen molar-refractivity contribution in [3.8, 4) is 6.07 Å². The van der Waals surface area contributed by atoms with Crippen LogP contribution < -0.4 is 5.32 Å². The van der Waals surface area contributed by atoms with Crippen LogP contribution in [-0.4, -0.2) is 29.0 Å². The number of aromatic nitrogens is 1. The summed E-state index contributed by atoms with van der Waals surface area (Å²) in [6.07, 6.45) is 1.61. The van der Waals surface area contributed by atoms with Crippen molar-refractivity contribution in [3.05, 3.63) is 63.4 Å². The maximum Gasteiger partial charge on any atom is 0.239 e. The minimum atomic E-state index is -0.151. The SMILES string of the molecule is Cc1c(C#N)c(NC(=O)CN(C)Cc2ccsc2)n(Cc2ccco2)c1C. The minimum Gasteiger partial charge on any atom is -0.467 e. The quantitative estimate of drug-likeness (QED) is 0.675. The summed E-state index contributed by atoms with van der Waals surface area (Å²) < 4.78 is 7.35. The number of rotatable bonds is 7. The Kier molecular flexibility index (Phi) is 5.79. The highest BCUT2D eigenvalue weighted by atomic mass is 32.1. The van der Waals surface area contributed by atoms with Gasteiger partial charge >= 0.3 is 0 Å². The lowest BCUT2D eigenvalue weighted by atomic mass is 10.2. The summed E-state index contributed by atoms with van der Waals surface area (Å²) in [4.78, 5) is 14.5. The first-order chi connectivity index (χ1) is 13.0. The van der Waals surface area contributed by atoms with Crippen LogP contribution in [0.4, 0.5) is 5.82 Å². The number of amides is 1. The lowest BCUT2D eigenvalue weighted by Gasteiger charge is -2.17. The molecule has 1 amide bonds. The largest absolute Gasteiger partial charge is 0.467 e. The van der Waals surface area contributed by atoms with E-state index in [1.807, 2.05) is 53.9 Å². The van der Waals surface area contributed by atoms with E-state index in [0.717, 1.165) is 17.0 Å². The predicted molar refractivity (Wildman–Crippen MR) is 106 cm³/mol. The molecule has 0 aliphatic heterocycles. The van der Waals surface area contributed by atoms with Gasteiger partial charge in [-0.3, -0.25) is 9.69 Å². The summed E-state index contributed by atoms with van der Waals surface area (Å²) in [6, 6.07) is 7.97. The van der Waals surface area contributed by atoms with Gasteiger partial charge in [-0.1, -0.05) is 0 Å². The average molecular weight is 382 g/mol. The van der Waals surface area contributed by atoms with Gasteiger partial charge in [0.1, 0.15) is 17.6 Å². The van der Waals surface area contributed by atoms with Crippen molar-refractivity contribution in [2.24, 2.45) is 0 Å². The zero-order chi connectivity index (χ0) is 19.4. The molecule has 3 rings (SSSR count). The molecule has 0 radical (unpaired) electrons. The normalized spacial score (nSPS) is 10.9. The monoisotopic (exact) mass is 382 g/mol. The van der Waals surface area contributed by atoms with Crippen molar-refractivity contribution >= 4 is 23.1 Å². The molecule has 0 saturated heterocycles. The van der Waals surface area contributed by atoms with Crippen LogP contribution in [0, 0.1) is 25.2 Å². The molecule has 0 unspecified atom stereocenters. The van der Waals surface area contributed by atoms with E-state index in [1.165, 1.54) is 5.56 Å². The minimum absolute atomic E-state index is 0.151. The van der Waals surface area contributed by atoms with Crippen molar-refractivity contribution in [1.82, 2.24) is 9.47 Å². The van der Waals surface area contributed by atoms with Gasteiger partial charge in [0.25, 0.3) is 0 Å². The fourth-order valence-corrected chi connectivity index (χ4v) is 3.71. The Morgan fingerprint density at radius 2 is 2.22 bits per heavy atom. The summed E-state index contributed by atoms with van der Waals surface area (Å²) in [5.74, 6) is 1.14. The van der Waals surface area contributed by atoms with Crippen molar-refractivity contribution in [1.29, 1.82) is 5.26 Å². The molecule has 0 fully saturated rings. The van der Waals surface area contributed by atoms with Gasteiger partial charge in [-0.2, -0.15) is 16.6 Å². The molecule has 6 nitrogen and oxygen atoms in total. The fraction of sp³-hybridized carbons (Fsp3) is 0.300. The molecule has 0 spiro atoms. The molecule has 140 valence electrons. The van der Waals surface area contributed by atoms with Crippen LogP contribution in [0.1, 0.15) is 28.1 Å². The number of carbonyl (C=O) groups is 1. The Morgan fingerprint density at radius 3 is 2.85 bits per heavy atom. The van der Waals surface area contributed by atoms with Gasteiger partial charge in [0.15, 0.2) is 0 Å². The Balaban J connectivity index is 1.77. The van der Waals surface area contributed by atoms with Gasteiger partial charge in [0, 0.05) is 12.2 Å². The highest BCUT2D eigenvalue weighted by Gasteiger charge is 2.20. The lowest BCUT2D eigenvalue weighted by Crippen LogP contribution is -2.30. The van der Waals surface area contributed by atoms with Crippen LogP contribution in [0.5, 0.6) is 0 Å². The highest BCUT2D eigenvalue weighted by molar-refractivity contribution is 7.07. The summed E-state index contributed by atoms with van der Waals surface area (Å²) in [6.45, 7) is 5.24. The molecule has 3 heterocycles. The summed E-state index contributed by atoms with van der Waals surface area (Å²) in [5.41, 5.74) is 3.48. The first-order valence-corrected chi connectivity index (χ1v) is 9.55. The van der Waals surface area contributed by atoms with Crippen LogP contribution in [0.25, 0.3) is 0 Å². The molecule has 3 aromatic rings. The van der Waals surface area contributed by atoms with Crippen LogP contribution in [0.2, 0.25) is 0 Å². The standard InChI is InChI=1S/C20H22N4O2S/c1-14-15(2)24(11-17-5-4-7-26-17)20(18(14)9-21)22-19(25)12-23(3)10-16-6-8-27-13-16/h4-8,13H,10-12H2,1-3H3,(H,22,25). The van der Waals surface area contributed by atoms with Crippen LogP contribution in [-0.2, 0) is 17.9 Å². The van der Waals surface area contributed by atoms with E-state index in [0.29, 0.717) is 24.5 Å². The van der Waals surface area contributed by atoms with E-state index in [1.54, 1.807) is 17.6 Å². The molecule has 0 aliphatic rings. The Morgan fingerprint density at radius 1 is 1.41 bits per heavy atom. The molecule has 0 aliphatic carbocycles. The van der Waals surface area contributed by atoms with Gasteiger partial charge < -0.3 is 14.3 Å². The van der Waals surface area contributed by atoms with Gasteiger partial charge in [0.05, 0.1) is 24.9 Å². The summed E-state index contributed by atoms with van der Waals surface area (Å²) >= 11 is 1.64. The summed E-state index contributed by atoms with van der Waals surface area (Å²) in [5, 5.41) is 16.6. The molecule has 0 saturated carbocycles. The van der Waals surface area contributed by atoms with Crippen molar-refractivity contribution in [2.45, 2.75) is 26.9 Å². The van der Waals surface area contributed by atoms with E-state index < -0.39 is 0 Å². The van der Waals surface area contributed by atoms with Gasteiger partial charge in [-0.05, 0) is 61.0 Å². The number of likely N-dealkylation sites (N-methyl/N-ethyl adjacent to an activating group) is 1. The third-order valence-electron chi connectivity index (χ3n) is 4.54. The number of carbonyl (C=O) groups excluding carboxylic acids is 1. The molecule has 0 atom stereocenters. The number of furan rings is 1. The first-order valence-electron chi connectivity index (χ1n) is 8.61. The van der Waals surface area contributed by atoms with Crippen LogP contribution in [0.3, 0.4) is 0 Å². The molecular weight excluding hydrogens is 360 g/mol. The maximum absolute atomic E-state index is 12.6. The van der Waals surface area contributed by atoms with E-state index in [2.05, 4.69) is 16.8 Å². The number of nitrogens with one attached hydrogen (secondary N) is 1. The number of thiophene rings is 1. The first kappa shape index (κ1) is 19.0. The zero-order valence-electron chi connectivity index (χ0n) is 15.7. The Hall–Kier alpha value is -2.82. The highest BCUT2D eigenvalue weighted by Crippen LogP contribution is 2.27. The smallest absolute Gasteiger partial charge is 0.239 e. The molecule has 1 N–H and O–H groups in total. The van der Waals surface area contributed by atoms with Crippen molar-refractivity contribution in [2.75, 3.05) is 18.9 Å². The summed E-state index contributed by atoms with van der Waals surface area (Å²) in [7, 11) is 1.90. The second-order valence-electron chi connectivity index (χ2n) is 6.56. The Labute approximate surface area is 162 Å². The number of hydrogen-bond donors (Lipinski definition) is 1. The maximum atomic E-state index is 12.6. The molecular formula is C20H22N4O2S. The molecule has 0 bridgehead atoms. The Bertz CT molecular complexity index is 949. The van der Waals surface area contributed by atoms with Crippen molar-refractivity contribution in [3.63, 3.8) is 0 Å². The third kappa shape index (κ3) is 4.30. The van der Waals surface area contributed by atoms with E-state index >= 15 is 0 Å². The van der Waals surface area contributed by atoms with Gasteiger partial charge in [-0.15, -0.1) is 0 Å². The van der Waals surface area contributed by atoms with Gasteiger partial charge in [0.2, 0.25) is 5.91 Å². The number of nitriles is 1. The number of anilines is 1. The van der Waals surface area contributed by atoms with Crippen LogP contribution >= 0.6 is 11.3 Å². The topological polar surface area (TPSA) is 74.2 Å². The number of nitrogens with zero attached hydrogens (tertiary/aromatic N) is 3. The van der Waals surface area contributed by atoms with Crippen molar-refractivity contribution < 1.29 is 9.21 Å². The molecule has 27 heavy (non-hydrogen) atoms. The number of hydrogen-bond acceptors (Lipinski definition) is 5. The molecule has 7 heteroatoms. The second-order valence-corrected chi connectivity index (χ2v) is 7.34. The molecule has 0 aromatic carbocycles. The average Bonchev–Trinajstić information content (AvgIpc) is 3.35. The lowest BCUT2D eigenvalue weighted by molar-refractivity contribution is -0.117. The molecule has 3 aromatic heterocycles. The zero-order valence-corrected chi connectivity index (χ0v) is 16.5. The predicted octanol–water partition coefficient (Wildman–Crippen LogP) is 3.75. The van der Waals surface area contributed by atoms with E-state index in [4.69, 9.17) is 4.42 Å².